The van der Waals surface area contributed by atoms with Gasteiger partial charge in [0.1, 0.15) is 5.54 Å². The van der Waals surface area contributed by atoms with Crippen LogP contribution in [-0.2, 0) is 12.7 Å². The second-order valence-corrected chi connectivity index (χ2v) is 9.24. The summed E-state index contributed by atoms with van der Waals surface area (Å²) in [5.74, 6) is -1.07. The Morgan fingerprint density at radius 3 is 2.22 bits per heavy atom. The van der Waals surface area contributed by atoms with E-state index in [1.165, 1.54) is 30.6 Å². The van der Waals surface area contributed by atoms with Gasteiger partial charge >= 0.3 is 18.0 Å². The van der Waals surface area contributed by atoms with Crippen molar-refractivity contribution in [1.29, 1.82) is 5.26 Å². The molecule has 2 heterocycles. The number of carbonyl (C=O) groups is 1. The molecule has 4 rings (SSSR count). The van der Waals surface area contributed by atoms with Gasteiger partial charge in [-0.25, -0.2) is 9.07 Å². The van der Waals surface area contributed by atoms with Crippen molar-refractivity contribution < 1.29 is 35.5 Å². The topological polar surface area (TPSA) is 75.6 Å². The fourth-order valence-corrected chi connectivity index (χ4v) is 4.26. The Labute approximate surface area is 214 Å². The van der Waals surface area contributed by atoms with Crippen molar-refractivity contribution in [2.75, 3.05) is 0 Å². The van der Waals surface area contributed by atoms with Crippen molar-refractivity contribution in [2.24, 2.45) is 7.05 Å². The molecule has 196 valence electrons. The van der Waals surface area contributed by atoms with Gasteiger partial charge in [0.2, 0.25) is 0 Å². The largest absolute Gasteiger partial charge is 0.437 e. The zero-order valence-corrected chi connectivity index (χ0v) is 20.0. The third-order valence-corrected chi connectivity index (χ3v) is 6.56. The highest BCUT2D eigenvalue weighted by atomic mass is 35.5. The molecule has 15 heteroatoms. The quantitative estimate of drug-likeness (QED) is 0.370. The van der Waals surface area contributed by atoms with E-state index in [4.69, 9.17) is 23.2 Å². The molecule has 1 saturated carbocycles. The molecule has 0 saturated heterocycles. The van der Waals surface area contributed by atoms with Crippen LogP contribution in [0, 0.1) is 11.3 Å². The lowest BCUT2D eigenvalue weighted by molar-refractivity contribution is -0.350. The first-order chi connectivity index (χ1) is 17.0. The summed E-state index contributed by atoms with van der Waals surface area (Å²) in [6.45, 7) is 0. The van der Waals surface area contributed by atoms with Crippen molar-refractivity contribution in [3.63, 3.8) is 0 Å². The van der Waals surface area contributed by atoms with E-state index in [9.17, 15) is 40.8 Å². The van der Waals surface area contributed by atoms with Crippen LogP contribution < -0.4 is 5.32 Å². The van der Waals surface area contributed by atoms with Gasteiger partial charge in [0.05, 0.1) is 33.6 Å². The van der Waals surface area contributed by atoms with Crippen LogP contribution in [0.4, 0.5) is 30.7 Å². The van der Waals surface area contributed by atoms with Crippen LogP contribution >= 0.6 is 23.2 Å². The van der Waals surface area contributed by atoms with Gasteiger partial charge in [-0.1, -0.05) is 29.3 Å². The van der Waals surface area contributed by atoms with Gasteiger partial charge in [-0.15, -0.1) is 0 Å². The SMILES string of the molecule is Cn1c(C(F)(C(F)(F)F)C(F)(F)F)cc(Cl)c1-n1cc(-c2ccc(Cl)c(C(=O)NC3(C#N)CC3)c2)cn1. The number of nitriles is 1. The standard InChI is InChI=1S/C22H14Cl2F7N5O/c1-35-16(20(25,21(26,27)28)22(29,30)31)7-15(24)18(35)36-9-12(8-33-36)11-2-3-14(23)13(6-11)17(37)34-19(10-32)4-5-19/h2-3,6-9H,4-5H2,1H3,(H,34,37). The van der Waals surface area contributed by atoms with Crippen LogP contribution in [-0.4, -0.2) is 38.1 Å². The molecule has 1 aliphatic carbocycles. The van der Waals surface area contributed by atoms with Gasteiger partial charge in [-0.3, -0.25) is 4.79 Å². The fraction of sp³-hybridized carbons (Fsp3) is 0.318. The zero-order chi connectivity index (χ0) is 27.6. The molecule has 1 amide bonds. The monoisotopic (exact) mass is 567 g/mol. The number of rotatable bonds is 5. The van der Waals surface area contributed by atoms with Crippen molar-refractivity contribution in [1.82, 2.24) is 19.7 Å². The molecule has 2 aromatic heterocycles. The van der Waals surface area contributed by atoms with E-state index in [1.54, 1.807) is 0 Å². The molecular formula is C22H14Cl2F7N5O. The molecule has 0 bridgehead atoms. The highest BCUT2D eigenvalue weighted by Crippen LogP contribution is 2.54. The number of alkyl halides is 7. The van der Waals surface area contributed by atoms with Crippen molar-refractivity contribution in [3.05, 3.63) is 58.0 Å². The molecule has 6 nitrogen and oxygen atoms in total. The van der Waals surface area contributed by atoms with Crippen LogP contribution in [0.3, 0.4) is 0 Å². The number of benzene rings is 1. The molecule has 1 aliphatic rings. The lowest BCUT2D eigenvalue weighted by Gasteiger charge is -2.30. The number of carbonyl (C=O) groups excluding carboxylic acids is 1. The molecule has 3 aromatic rings. The van der Waals surface area contributed by atoms with Gasteiger partial charge < -0.3 is 9.88 Å². The molecule has 0 atom stereocenters. The highest BCUT2D eigenvalue weighted by molar-refractivity contribution is 6.34. The van der Waals surface area contributed by atoms with Crippen LogP contribution in [0.5, 0.6) is 0 Å². The van der Waals surface area contributed by atoms with E-state index in [2.05, 4.69) is 10.4 Å². The van der Waals surface area contributed by atoms with Gasteiger partial charge in [0.15, 0.2) is 5.82 Å². The molecular weight excluding hydrogens is 554 g/mol. The van der Waals surface area contributed by atoms with Crippen molar-refractivity contribution >= 4 is 29.1 Å². The number of hydrogen-bond acceptors (Lipinski definition) is 3. The summed E-state index contributed by atoms with van der Waals surface area (Å²) in [7, 11) is 0.789. The molecule has 0 spiro atoms. The number of amides is 1. The third kappa shape index (κ3) is 4.42. The Morgan fingerprint density at radius 2 is 1.68 bits per heavy atom. The van der Waals surface area contributed by atoms with E-state index < -0.39 is 46.0 Å². The summed E-state index contributed by atoms with van der Waals surface area (Å²) in [5.41, 5.74) is -7.75. The van der Waals surface area contributed by atoms with E-state index in [-0.39, 0.29) is 22.2 Å². The van der Waals surface area contributed by atoms with Gasteiger partial charge in [0.25, 0.3) is 5.91 Å². The van der Waals surface area contributed by atoms with E-state index in [0.717, 1.165) is 11.7 Å². The van der Waals surface area contributed by atoms with Crippen molar-refractivity contribution in [3.8, 4) is 23.0 Å². The van der Waals surface area contributed by atoms with Gasteiger partial charge in [0, 0.05) is 18.8 Å². The first-order valence-corrected chi connectivity index (χ1v) is 11.1. The van der Waals surface area contributed by atoms with Gasteiger partial charge in [-0.2, -0.15) is 36.7 Å². The average Bonchev–Trinajstić information content (AvgIpc) is 3.28. The second kappa shape index (κ2) is 8.66. The molecule has 1 N–H and O–H groups in total. The average molecular weight is 568 g/mol. The summed E-state index contributed by atoms with van der Waals surface area (Å²) < 4.78 is 95.4. The fourth-order valence-electron chi connectivity index (χ4n) is 3.74. The minimum atomic E-state index is -6.32. The summed E-state index contributed by atoms with van der Waals surface area (Å²) in [6.07, 6.45) is -9.24. The summed E-state index contributed by atoms with van der Waals surface area (Å²) >= 11 is 12.1. The number of halogens is 9. The Morgan fingerprint density at radius 1 is 1.05 bits per heavy atom. The van der Waals surface area contributed by atoms with E-state index >= 15 is 0 Å². The van der Waals surface area contributed by atoms with Crippen LogP contribution in [0.25, 0.3) is 16.9 Å². The van der Waals surface area contributed by atoms with Crippen LogP contribution in [0.2, 0.25) is 10.0 Å². The van der Waals surface area contributed by atoms with Crippen LogP contribution in [0.1, 0.15) is 28.9 Å². The summed E-state index contributed by atoms with van der Waals surface area (Å²) in [4.78, 5) is 12.6. The maximum absolute atomic E-state index is 14.7. The predicted molar refractivity (Wildman–Crippen MR) is 118 cm³/mol. The minimum absolute atomic E-state index is 0.0326. The lowest BCUT2D eigenvalue weighted by atomic mass is 10.0. The number of aromatic nitrogens is 3. The first kappa shape index (κ1) is 26.8. The van der Waals surface area contributed by atoms with Crippen LogP contribution in [0.15, 0.2) is 36.7 Å². The normalized spacial score (nSPS) is 15.4. The Balaban J connectivity index is 1.72. The van der Waals surface area contributed by atoms with E-state index in [0.29, 0.717) is 23.0 Å². The third-order valence-electron chi connectivity index (χ3n) is 5.95. The number of hydrogen-bond donors (Lipinski definition) is 1. The smallest absolute Gasteiger partial charge is 0.334 e. The lowest BCUT2D eigenvalue weighted by Crippen LogP contribution is -2.51. The Kier molecular flexibility index (Phi) is 6.28. The molecule has 0 radical (unpaired) electrons. The van der Waals surface area contributed by atoms with E-state index in [1.807, 2.05) is 6.07 Å². The Bertz CT molecular complexity index is 1420. The minimum Gasteiger partial charge on any atom is -0.334 e. The summed E-state index contributed by atoms with van der Waals surface area (Å²) in [5, 5.41) is 15.2. The maximum atomic E-state index is 14.7. The van der Waals surface area contributed by atoms with Crippen molar-refractivity contribution in [2.45, 2.75) is 36.4 Å². The van der Waals surface area contributed by atoms with Gasteiger partial charge in [-0.05, 0) is 36.6 Å². The highest BCUT2D eigenvalue weighted by Gasteiger charge is 2.75. The molecule has 0 aliphatic heterocycles. The Hall–Kier alpha value is -3.24. The molecule has 37 heavy (non-hydrogen) atoms. The number of nitrogens with one attached hydrogen (secondary N) is 1. The second-order valence-electron chi connectivity index (χ2n) is 8.43. The maximum Gasteiger partial charge on any atom is 0.437 e. The molecule has 0 unspecified atom stereocenters. The number of nitrogens with zero attached hydrogens (tertiary/aromatic N) is 4. The first-order valence-electron chi connectivity index (χ1n) is 10.3. The summed E-state index contributed by atoms with van der Waals surface area (Å²) in [6, 6.07) is 6.52. The molecule has 1 aromatic carbocycles. The predicted octanol–water partition coefficient (Wildman–Crippen LogP) is 6.26. The zero-order valence-electron chi connectivity index (χ0n) is 18.5. The molecule has 1 fully saturated rings.